The zero-order valence-corrected chi connectivity index (χ0v) is 16.6. The fourth-order valence-electron chi connectivity index (χ4n) is 2.57. The van der Waals surface area contributed by atoms with Gasteiger partial charge in [0.2, 0.25) is 5.13 Å². The molecule has 0 saturated heterocycles. The summed E-state index contributed by atoms with van der Waals surface area (Å²) in [5.74, 6) is -0.682. The van der Waals surface area contributed by atoms with Crippen molar-refractivity contribution < 1.29 is 9.18 Å². The molecule has 0 atom stereocenters. The molecule has 0 aliphatic carbocycles. The Morgan fingerprint density at radius 1 is 1.30 bits per heavy atom. The lowest BCUT2D eigenvalue weighted by molar-refractivity contribution is 0.102. The number of aromatic nitrogens is 4. The maximum atomic E-state index is 13.0. The highest BCUT2D eigenvalue weighted by molar-refractivity contribution is 7.15. The molecule has 1 N–H and O–H groups in total. The molecule has 2 heterocycles. The van der Waals surface area contributed by atoms with Gasteiger partial charge in [0.1, 0.15) is 16.0 Å². The summed E-state index contributed by atoms with van der Waals surface area (Å²) in [6.45, 7) is 4.17. The van der Waals surface area contributed by atoms with Crippen molar-refractivity contribution in [3.8, 4) is 0 Å². The molecule has 0 bridgehead atoms. The molecule has 2 aromatic heterocycles. The number of nitrogens with one attached hydrogen (secondary N) is 1. The number of nitrogens with zero attached hydrogens (tertiary/aromatic N) is 4. The second kappa shape index (κ2) is 8.58. The highest BCUT2D eigenvalue weighted by Crippen LogP contribution is 2.24. The molecule has 3 aromatic rings. The van der Waals surface area contributed by atoms with Crippen molar-refractivity contribution in [2.45, 2.75) is 39.7 Å². The number of unbranched alkanes of at least 4 members (excludes halogenated alkanes) is 1. The molecule has 1 aromatic carbocycles. The lowest BCUT2D eigenvalue weighted by atomic mass is 10.2. The van der Waals surface area contributed by atoms with Crippen LogP contribution in [0.3, 0.4) is 0 Å². The molecule has 3 rings (SSSR count). The van der Waals surface area contributed by atoms with E-state index < -0.39 is 0 Å². The molecule has 9 heteroatoms. The van der Waals surface area contributed by atoms with Gasteiger partial charge in [-0.2, -0.15) is 5.10 Å². The van der Waals surface area contributed by atoms with Crippen LogP contribution in [-0.4, -0.2) is 25.9 Å². The number of anilines is 1. The zero-order chi connectivity index (χ0) is 19.4. The van der Waals surface area contributed by atoms with Crippen molar-refractivity contribution in [2.24, 2.45) is 0 Å². The van der Waals surface area contributed by atoms with Gasteiger partial charge < -0.3 is 0 Å². The first-order valence-corrected chi connectivity index (χ1v) is 9.78. The number of hydrogen-bond donors (Lipinski definition) is 1. The van der Waals surface area contributed by atoms with Gasteiger partial charge in [-0.3, -0.25) is 10.1 Å². The van der Waals surface area contributed by atoms with Crippen LogP contribution in [0.25, 0.3) is 0 Å². The van der Waals surface area contributed by atoms with Crippen LogP contribution in [0, 0.1) is 12.7 Å². The molecule has 0 unspecified atom stereocenters. The topological polar surface area (TPSA) is 72.7 Å². The maximum absolute atomic E-state index is 13.0. The molecule has 1 amide bonds. The summed E-state index contributed by atoms with van der Waals surface area (Å²) in [7, 11) is 0. The van der Waals surface area contributed by atoms with Crippen LogP contribution in [0.4, 0.5) is 9.52 Å². The molecule has 0 fully saturated rings. The quantitative estimate of drug-likeness (QED) is 0.626. The Kier molecular flexibility index (Phi) is 6.18. The van der Waals surface area contributed by atoms with Gasteiger partial charge in [0, 0.05) is 6.42 Å². The minimum absolute atomic E-state index is 0.227. The number of carbonyl (C=O) groups is 1. The van der Waals surface area contributed by atoms with E-state index in [0.717, 1.165) is 29.8 Å². The molecule has 27 heavy (non-hydrogen) atoms. The van der Waals surface area contributed by atoms with Gasteiger partial charge in [0.05, 0.1) is 17.8 Å². The van der Waals surface area contributed by atoms with Gasteiger partial charge in [-0.1, -0.05) is 48.4 Å². The number of halogens is 2. The predicted molar refractivity (Wildman–Crippen MR) is 104 cm³/mol. The number of benzene rings is 1. The summed E-state index contributed by atoms with van der Waals surface area (Å²) >= 11 is 7.74. The fraction of sp³-hybridized carbons (Fsp3) is 0.333. The Morgan fingerprint density at radius 2 is 2.04 bits per heavy atom. The Hall–Kier alpha value is -2.32. The van der Waals surface area contributed by atoms with Crippen LogP contribution in [0.2, 0.25) is 5.15 Å². The lowest BCUT2D eigenvalue weighted by Crippen LogP contribution is -2.13. The maximum Gasteiger partial charge on any atom is 0.262 e. The summed E-state index contributed by atoms with van der Waals surface area (Å²) in [5, 5.41) is 16.7. The summed E-state index contributed by atoms with van der Waals surface area (Å²) < 4.78 is 14.6. The Morgan fingerprint density at radius 3 is 2.74 bits per heavy atom. The molecule has 6 nitrogen and oxygen atoms in total. The van der Waals surface area contributed by atoms with E-state index in [1.165, 1.54) is 28.2 Å². The van der Waals surface area contributed by atoms with Gasteiger partial charge >= 0.3 is 0 Å². The van der Waals surface area contributed by atoms with Crippen LogP contribution >= 0.6 is 22.9 Å². The molecule has 0 radical (unpaired) electrons. The number of hydrogen-bond acceptors (Lipinski definition) is 5. The van der Waals surface area contributed by atoms with Crippen LogP contribution in [-0.2, 0) is 13.0 Å². The third-order valence-corrected chi connectivity index (χ3v) is 5.25. The smallest absolute Gasteiger partial charge is 0.262 e. The molecule has 142 valence electrons. The van der Waals surface area contributed by atoms with Crippen molar-refractivity contribution in [2.75, 3.05) is 5.32 Å². The van der Waals surface area contributed by atoms with E-state index in [4.69, 9.17) is 11.6 Å². The van der Waals surface area contributed by atoms with E-state index in [0.29, 0.717) is 22.9 Å². The van der Waals surface area contributed by atoms with Crippen LogP contribution in [0.1, 0.15) is 46.4 Å². The van der Waals surface area contributed by atoms with Crippen LogP contribution in [0.15, 0.2) is 24.3 Å². The predicted octanol–water partition coefficient (Wildman–Crippen LogP) is 4.48. The van der Waals surface area contributed by atoms with Gasteiger partial charge in [-0.05, 0) is 31.0 Å². The lowest BCUT2D eigenvalue weighted by Gasteiger charge is -2.04. The molecule has 0 saturated carbocycles. The van der Waals surface area contributed by atoms with Gasteiger partial charge in [-0.15, -0.1) is 10.2 Å². The Labute approximate surface area is 165 Å². The highest BCUT2D eigenvalue weighted by atomic mass is 35.5. The van der Waals surface area contributed by atoms with Crippen LogP contribution in [0.5, 0.6) is 0 Å². The normalized spacial score (nSPS) is 11.0. The van der Waals surface area contributed by atoms with E-state index in [1.54, 1.807) is 19.1 Å². The van der Waals surface area contributed by atoms with Gasteiger partial charge in [0.15, 0.2) is 0 Å². The number of aryl methyl sites for hydroxylation is 2. The summed E-state index contributed by atoms with van der Waals surface area (Å²) in [5.41, 5.74) is 1.64. The molecular formula is C18H19ClFN5OS. The first kappa shape index (κ1) is 19.4. The first-order chi connectivity index (χ1) is 13.0. The fourth-order valence-corrected chi connectivity index (χ4v) is 3.67. The van der Waals surface area contributed by atoms with E-state index in [1.807, 2.05) is 0 Å². The van der Waals surface area contributed by atoms with Crippen molar-refractivity contribution in [1.82, 2.24) is 20.0 Å². The van der Waals surface area contributed by atoms with Crippen molar-refractivity contribution in [1.29, 1.82) is 0 Å². The zero-order valence-electron chi connectivity index (χ0n) is 15.0. The number of rotatable bonds is 7. The van der Waals surface area contributed by atoms with Crippen molar-refractivity contribution >= 4 is 34.0 Å². The molecule has 0 spiro atoms. The van der Waals surface area contributed by atoms with E-state index in [-0.39, 0.29) is 16.9 Å². The van der Waals surface area contributed by atoms with E-state index in [9.17, 15) is 9.18 Å². The second-order valence-corrected chi connectivity index (χ2v) is 7.51. The molecule has 0 aliphatic rings. The third-order valence-electron chi connectivity index (χ3n) is 3.97. The molecular weight excluding hydrogens is 389 g/mol. The van der Waals surface area contributed by atoms with Gasteiger partial charge in [-0.25, -0.2) is 9.07 Å². The SMILES string of the molecule is CCCCc1nnc(NC(=O)c2c(C)nn(Cc3ccc(F)cc3)c2Cl)s1. The van der Waals surface area contributed by atoms with E-state index in [2.05, 4.69) is 27.5 Å². The number of carbonyl (C=O) groups excluding carboxylic acids is 1. The number of amides is 1. The van der Waals surface area contributed by atoms with E-state index >= 15 is 0 Å². The van der Waals surface area contributed by atoms with Crippen LogP contribution < -0.4 is 5.32 Å². The first-order valence-electron chi connectivity index (χ1n) is 8.59. The summed E-state index contributed by atoms with van der Waals surface area (Å²) in [6.07, 6.45) is 2.95. The Balaban J connectivity index is 1.74. The summed E-state index contributed by atoms with van der Waals surface area (Å²) in [6, 6.07) is 6.06. The average molecular weight is 408 g/mol. The second-order valence-electron chi connectivity index (χ2n) is 6.09. The monoisotopic (exact) mass is 407 g/mol. The van der Waals surface area contributed by atoms with Crippen molar-refractivity contribution in [3.05, 3.63) is 57.1 Å². The summed E-state index contributed by atoms with van der Waals surface area (Å²) in [4.78, 5) is 12.6. The largest absolute Gasteiger partial charge is 0.296 e. The van der Waals surface area contributed by atoms with Gasteiger partial charge in [0.25, 0.3) is 5.91 Å². The standard InChI is InChI=1S/C18H19ClFN5OS/c1-3-4-5-14-22-23-18(27-14)21-17(26)15-11(2)24-25(16(15)19)10-12-6-8-13(20)9-7-12/h6-9H,3-5,10H2,1-2H3,(H,21,23,26). The third kappa shape index (κ3) is 4.70. The molecule has 0 aliphatic heterocycles. The van der Waals surface area contributed by atoms with Crippen molar-refractivity contribution in [3.63, 3.8) is 0 Å². The average Bonchev–Trinajstić information content (AvgIpc) is 3.19. The minimum Gasteiger partial charge on any atom is -0.296 e. The minimum atomic E-state index is -0.374. The highest BCUT2D eigenvalue weighted by Gasteiger charge is 2.21. The Bertz CT molecular complexity index is 938.